The third-order valence-corrected chi connectivity index (χ3v) is 4.75. The molecule has 0 radical (unpaired) electrons. The molecule has 0 aliphatic carbocycles. The number of H-pyrrole nitrogens is 1. The van der Waals surface area contributed by atoms with Crippen molar-refractivity contribution < 1.29 is 9.18 Å². The summed E-state index contributed by atoms with van der Waals surface area (Å²) in [4.78, 5) is 34.1. The molecule has 0 bridgehead atoms. The topological polar surface area (TPSA) is 66.1 Å². The van der Waals surface area contributed by atoms with Crippen molar-refractivity contribution in [3.05, 3.63) is 87.1 Å². The molecule has 0 unspecified atom stereocenters. The Bertz CT molecular complexity index is 1090. The number of benzene rings is 2. The van der Waals surface area contributed by atoms with Crippen LogP contribution in [0.15, 0.2) is 53.3 Å². The van der Waals surface area contributed by atoms with Crippen LogP contribution in [0.5, 0.6) is 0 Å². The summed E-state index contributed by atoms with van der Waals surface area (Å²) in [5.41, 5.74) is 2.83. The lowest BCUT2D eigenvalue weighted by Crippen LogP contribution is -2.39. The van der Waals surface area contributed by atoms with E-state index in [1.54, 1.807) is 12.1 Å². The van der Waals surface area contributed by atoms with Crippen LogP contribution in [-0.4, -0.2) is 27.3 Å². The van der Waals surface area contributed by atoms with E-state index in [1.807, 2.05) is 31.2 Å². The van der Waals surface area contributed by atoms with Gasteiger partial charge < -0.3 is 9.88 Å². The van der Waals surface area contributed by atoms with E-state index in [4.69, 9.17) is 0 Å². The minimum Gasteiger partial charge on any atom is -0.334 e. The van der Waals surface area contributed by atoms with Crippen molar-refractivity contribution in [1.29, 1.82) is 0 Å². The van der Waals surface area contributed by atoms with Crippen molar-refractivity contribution >= 4 is 5.91 Å². The maximum absolute atomic E-state index is 13.9. The fraction of sp³-hybridized carbons (Fsp3) is 0.190. The van der Waals surface area contributed by atoms with Gasteiger partial charge in [0.1, 0.15) is 11.6 Å². The Labute approximate surface area is 155 Å². The Hall–Kier alpha value is -3.28. The highest BCUT2D eigenvalue weighted by molar-refractivity contribution is 5.94. The van der Waals surface area contributed by atoms with Crippen molar-refractivity contribution in [2.24, 2.45) is 0 Å². The highest BCUT2D eigenvalue weighted by atomic mass is 19.1. The van der Waals surface area contributed by atoms with Crippen molar-refractivity contribution in [2.45, 2.75) is 19.9 Å². The molecule has 0 saturated carbocycles. The summed E-state index contributed by atoms with van der Waals surface area (Å²) in [7, 11) is 0. The van der Waals surface area contributed by atoms with Crippen LogP contribution < -0.4 is 5.56 Å². The number of carbonyl (C=O) groups excluding carboxylic acids is 1. The molecule has 27 heavy (non-hydrogen) atoms. The Balaban J connectivity index is 1.65. The zero-order chi connectivity index (χ0) is 19.0. The first-order chi connectivity index (χ1) is 13.0. The molecule has 0 spiro atoms. The van der Waals surface area contributed by atoms with Gasteiger partial charge in [-0.05, 0) is 25.1 Å². The molecule has 6 heteroatoms. The third-order valence-electron chi connectivity index (χ3n) is 4.75. The average molecular weight is 363 g/mol. The summed E-state index contributed by atoms with van der Waals surface area (Å²) in [5.74, 6) is -0.452. The third kappa shape index (κ3) is 3.26. The minimum absolute atomic E-state index is 0.0155. The van der Waals surface area contributed by atoms with E-state index in [-0.39, 0.29) is 17.7 Å². The highest BCUT2D eigenvalue weighted by Crippen LogP contribution is 2.21. The van der Waals surface area contributed by atoms with Crippen LogP contribution in [-0.2, 0) is 13.0 Å². The monoisotopic (exact) mass is 363 g/mol. The first-order valence-corrected chi connectivity index (χ1v) is 8.76. The largest absolute Gasteiger partial charge is 0.334 e. The minimum atomic E-state index is -0.560. The maximum atomic E-state index is 13.9. The average Bonchev–Trinajstić information content (AvgIpc) is 2.67. The van der Waals surface area contributed by atoms with E-state index >= 15 is 0 Å². The molecule has 1 aromatic heterocycles. The van der Waals surface area contributed by atoms with E-state index in [9.17, 15) is 14.0 Å². The second kappa shape index (κ2) is 6.79. The zero-order valence-corrected chi connectivity index (χ0v) is 14.8. The summed E-state index contributed by atoms with van der Waals surface area (Å²) in [6.07, 6.45) is 0.457. The van der Waals surface area contributed by atoms with Gasteiger partial charge >= 0.3 is 0 Å². The molecule has 2 heterocycles. The van der Waals surface area contributed by atoms with Crippen LogP contribution in [0.1, 0.15) is 27.2 Å². The molecular formula is C21H18FN3O2. The number of nitrogens with one attached hydrogen (secondary N) is 1. The Kier molecular flexibility index (Phi) is 4.32. The van der Waals surface area contributed by atoms with Gasteiger partial charge in [0.2, 0.25) is 0 Å². The zero-order valence-electron chi connectivity index (χ0n) is 14.8. The molecule has 0 fully saturated rings. The van der Waals surface area contributed by atoms with Gasteiger partial charge in [0.05, 0.1) is 23.4 Å². The van der Waals surface area contributed by atoms with Gasteiger partial charge in [0.25, 0.3) is 11.5 Å². The quantitative estimate of drug-likeness (QED) is 0.761. The standard InChI is InChI=1S/C21H18FN3O2/c1-13-5-4-6-14(11-13)19-23-18-9-10-25(12-16(18)20(26)24-19)21(27)15-7-2-3-8-17(15)22/h2-8,11H,9-10,12H2,1H3,(H,23,24,26). The molecule has 0 saturated heterocycles. The predicted molar refractivity (Wildman–Crippen MR) is 99.9 cm³/mol. The molecule has 4 rings (SSSR count). The number of aryl methyl sites for hydroxylation is 1. The fourth-order valence-corrected chi connectivity index (χ4v) is 3.33. The van der Waals surface area contributed by atoms with E-state index < -0.39 is 11.7 Å². The van der Waals surface area contributed by atoms with Crippen LogP contribution in [0.2, 0.25) is 0 Å². The lowest BCUT2D eigenvalue weighted by Gasteiger charge is -2.28. The normalized spacial score (nSPS) is 13.3. The number of halogens is 1. The number of nitrogens with zero attached hydrogens (tertiary/aromatic N) is 2. The van der Waals surface area contributed by atoms with Gasteiger partial charge in [-0.15, -0.1) is 0 Å². The SMILES string of the molecule is Cc1cccc(-c2nc3c(c(=O)[nH]2)CN(C(=O)c2ccccc2F)CC3)c1. The van der Waals surface area contributed by atoms with Crippen molar-refractivity contribution in [2.75, 3.05) is 6.54 Å². The number of hydrogen-bond donors (Lipinski definition) is 1. The van der Waals surface area contributed by atoms with E-state index in [0.29, 0.717) is 30.0 Å². The molecule has 2 aromatic carbocycles. The number of aromatic amines is 1. The number of amides is 1. The first kappa shape index (κ1) is 17.1. The van der Waals surface area contributed by atoms with Crippen LogP contribution >= 0.6 is 0 Å². The van der Waals surface area contributed by atoms with E-state index in [0.717, 1.165) is 11.1 Å². The number of hydrogen-bond acceptors (Lipinski definition) is 3. The summed E-state index contributed by atoms with van der Waals surface area (Å²) >= 11 is 0. The Morgan fingerprint density at radius 3 is 2.78 bits per heavy atom. The maximum Gasteiger partial charge on any atom is 0.257 e. The van der Waals surface area contributed by atoms with Crippen molar-refractivity contribution in [3.63, 3.8) is 0 Å². The lowest BCUT2D eigenvalue weighted by molar-refractivity contribution is 0.0728. The van der Waals surface area contributed by atoms with Crippen molar-refractivity contribution in [3.8, 4) is 11.4 Å². The molecule has 3 aromatic rings. The molecule has 5 nitrogen and oxygen atoms in total. The Morgan fingerprint density at radius 1 is 1.19 bits per heavy atom. The van der Waals surface area contributed by atoms with Gasteiger partial charge in [-0.3, -0.25) is 9.59 Å². The van der Waals surface area contributed by atoms with E-state index in [2.05, 4.69) is 9.97 Å². The number of aromatic nitrogens is 2. The molecule has 1 aliphatic heterocycles. The van der Waals surface area contributed by atoms with Gasteiger partial charge in [-0.1, -0.05) is 35.9 Å². The van der Waals surface area contributed by atoms with Crippen molar-refractivity contribution in [1.82, 2.24) is 14.9 Å². The molecule has 1 amide bonds. The molecule has 136 valence electrons. The van der Waals surface area contributed by atoms with E-state index in [1.165, 1.54) is 17.0 Å². The van der Waals surface area contributed by atoms with Gasteiger partial charge in [-0.2, -0.15) is 0 Å². The Morgan fingerprint density at radius 2 is 2.00 bits per heavy atom. The predicted octanol–water partition coefficient (Wildman–Crippen LogP) is 3.08. The molecule has 1 aliphatic rings. The molecule has 0 atom stereocenters. The number of fused-ring (bicyclic) bond motifs is 1. The van der Waals surface area contributed by atoms with Crippen LogP contribution in [0.3, 0.4) is 0 Å². The summed E-state index contributed by atoms with van der Waals surface area (Å²) in [6.45, 7) is 2.50. The number of rotatable bonds is 2. The van der Waals surface area contributed by atoms with Gasteiger partial charge in [0.15, 0.2) is 0 Å². The molecular weight excluding hydrogens is 345 g/mol. The smallest absolute Gasteiger partial charge is 0.257 e. The number of carbonyl (C=O) groups is 1. The highest BCUT2D eigenvalue weighted by Gasteiger charge is 2.26. The van der Waals surface area contributed by atoms with Crippen LogP contribution in [0, 0.1) is 12.7 Å². The molecule has 1 N–H and O–H groups in total. The summed E-state index contributed by atoms with van der Waals surface area (Å²) in [6, 6.07) is 13.6. The summed E-state index contributed by atoms with van der Waals surface area (Å²) in [5, 5.41) is 0. The van der Waals surface area contributed by atoms with Crippen LogP contribution in [0.25, 0.3) is 11.4 Å². The van der Waals surface area contributed by atoms with Gasteiger partial charge in [0, 0.05) is 18.5 Å². The van der Waals surface area contributed by atoms with Gasteiger partial charge in [-0.25, -0.2) is 9.37 Å². The second-order valence-corrected chi connectivity index (χ2v) is 6.67. The lowest BCUT2D eigenvalue weighted by atomic mass is 10.0. The summed E-state index contributed by atoms with van der Waals surface area (Å²) < 4.78 is 13.9. The fourth-order valence-electron chi connectivity index (χ4n) is 3.33. The van der Waals surface area contributed by atoms with Crippen LogP contribution in [0.4, 0.5) is 4.39 Å². The second-order valence-electron chi connectivity index (χ2n) is 6.67. The first-order valence-electron chi connectivity index (χ1n) is 8.76.